The molecule has 0 spiro atoms. The molecule has 0 saturated carbocycles. The summed E-state index contributed by atoms with van der Waals surface area (Å²) in [4.78, 5) is 23.2. The Labute approximate surface area is 186 Å². The second-order valence-electron chi connectivity index (χ2n) is 8.87. The number of carbonyl (C=O) groups is 2. The van der Waals surface area contributed by atoms with Crippen molar-refractivity contribution in [2.45, 2.75) is 155 Å². The van der Waals surface area contributed by atoms with Gasteiger partial charge in [-0.25, -0.2) is 4.79 Å². The summed E-state index contributed by atoms with van der Waals surface area (Å²) in [5.41, 5.74) is 0. The van der Waals surface area contributed by atoms with Crippen LogP contribution < -0.4 is 0 Å². The van der Waals surface area contributed by atoms with E-state index in [0.29, 0.717) is 12.8 Å². The van der Waals surface area contributed by atoms with E-state index >= 15 is 0 Å². The number of aliphatic carboxylic acids is 1. The summed E-state index contributed by atoms with van der Waals surface area (Å²) in [6.07, 6.45) is 22.9. The van der Waals surface area contributed by atoms with E-state index in [1.807, 2.05) is 0 Å². The van der Waals surface area contributed by atoms with Gasteiger partial charge in [0.05, 0.1) is 0 Å². The van der Waals surface area contributed by atoms with Crippen LogP contribution in [-0.4, -0.2) is 23.1 Å². The fourth-order valence-electron chi connectivity index (χ4n) is 3.85. The molecule has 0 aromatic heterocycles. The summed E-state index contributed by atoms with van der Waals surface area (Å²) in [6.45, 7) is 4.42. The molecule has 0 amide bonds. The van der Waals surface area contributed by atoms with Gasteiger partial charge in [0.15, 0.2) is 6.10 Å². The highest BCUT2D eigenvalue weighted by atomic mass is 16.6. The molecule has 0 aliphatic rings. The number of hydrogen-bond acceptors (Lipinski definition) is 3. The molecular weight excluding hydrogens is 376 g/mol. The van der Waals surface area contributed by atoms with E-state index in [-0.39, 0.29) is 5.97 Å². The Balaban J connectivity index is 3.55. The van der Waals surface area contributed by atoms with Gasteiger partial charge in [-0.05, 0) is 19.3 Å². The maximum atomic E-state index is 11.9. The minimum atomic E-state index is -1.01. The van der Waals surface area contributed by atoms with Gasteiger partial charge < -0.3 is 9.84 Å². The second kappa shape index (κ2) is 22.6. The Morgan fingerprint density at radius 3 is 1.37 bits per heavy atom. The lowest BCUT2D eigenvalue weighted by molar-refractivity contribution is -0.164. The van der Waals surface area contributed by atoms with Gasteiger partial charge >= 0.3 is 11.9 Å². The highest BCUT2D eigenvalue weighted by molar-refractivity contribution is 5.77. The smallest absolute Gasteiger partial charge is 0.345 e. The SMILES string of the molecule is CCCCCCCCCCCCCCCCC(OC(=O)CCCCCCC)C(=O)O. The third-order valence-corrected chi connectivity index (χ3v) is 5.85. The van der Waals surface area contributed by atoms with Crippen LogP contribution in [0.25, 0.3) is 0 Å². The average molecular weight is 427 g/mol. The largest absolute Gasteiger partial charge is 0.479 e. The molecule has 4 nitrogen and oxygen atoms in total. The van der Waals surface area contributed by atoms with Gasteiger partial charge in [0, 0.05) is 6.42 Å². The molecule has 0 aliphatic carbocycles. The first-order valence-corrected chi connectivity index (χ1v) is 13.0. The molecule has 0 saturated heterocycles. The predicted molar refractivity (Wildman–Crippen MR) is 126 cm³/mol. The number of carboxylic acids is 1. The predicted octanol–water partition coefficient (Wildman–Crippen LogP) is 8.21. The summed E-state index contributed by atoms with van der Waals surface area (Å²) in [6, 6.07) is 0. The van der Waals surface area contributed by atoms with Crippen LogP contribution in [0.3, 0.4) is 0 Å². The molecule has 1 unspecified atom stereocenters. The van der Waals surface area contributed by atoms with Gasteiger partial charge in [0.25, 0.3) is 0 Å². The molecule has 178 valence electrons. The van der Waals surface area contributed by atoms with Crippen molar-refractivity contribution in [3.63, 3.8) is 0 Å². The normalized spacial score (nSPS) is 12.1. The van der Waals surface area contributed by atoms with Crippen LogP contribution >= 0.6 is 0 Å². The van der Waals surface area contributed by atoms with Crippen molar-refractivity contribution in [3.05, 3.63) is 0 Å². The zero-order valence-corrected chi connectivity index (χ0v) is 20.1. The van der Waals surface area contributed by atoms with Crippen molar-refractivity contribution in [2.24, 2.45) is 0 Å². The molecule has 0 fully saturated rings. The number of esters is 1. The van der Waals surface area contributed by atoms with Gasteiger partial charge in [-0.15, -0.1) is 0 Å². The Kier molecular flexibility index (Phi) is 21.8. The molecule has 0 radical (unpaired) electrons. The Hall–Kier alpha value is -1.06. The van der Waals surface area contributed by atoms with Crippen LogP contribution in [0.15, 0.2) is 0 Å². The van der Waals surface area contributed by atoms with Gasteiger partial charge in [-0.2, -0.15) is 0 Å². The van der Waals surface area contributed by atoms with Crippen molar-refractivity contribution in [1.82, 2.24) is 0 Å². The fourth-order valence-corrected chi connectivity index (χ4v) is 3.85. The van der Waals surface area contributed by atoms with Gasteiger partial charge in [-0.1, -0.05) is 123 Å². The summed E-state index contributed by atoms with van der Waals surface area (Å²) in [5.74, 6) is -1.37. The molecule has 1 N–H and O–H groups in total. The van der Waals surface area contributed by atoms with Gasteiger partial charge in [0.1, 0.15) is 0 Å². The van der Waals surface area contributed by atoms with Crippen LogP contribution in [0.2, 0.25) is 0 Å². The second-order valence-corrected chi connectivity index (χ2v) is 8.87. The van der Waals surface area contributed by atoms with E-state index in [4.69, 9.17) is 4.74 Å². The Bertz CT molecular complexity index is 394. The maximum absolute atomic E-state index is 11.9. The Morgan fingerprint density at radius 1 is 0.600 bits per heavy atom. The van der Waals surface area contributed by atoms with Crippen molar-refractivity contribution in [3.8, 4) is 0 Å². The molecule has 0 aliphatic heterocycles. The third-order valence-electron chi connectivity index (χ3n) is 5.85. The van der Waals surface area contributed by atoms with Crippen molar-refractivity contribution in [1.29, 1.82) is 0 Å². The molecule has 0 aromatic carbocycles. The number of hydrogen-bond donors (Lipinski definition) is 1. The van der Waals surface area contributed by atoms with E-state index in [9.17, 15) is 14.7 Å². The molecule has 0 aromatic rings. The van der Waals surface area contributed by atoms with Crippen molar-refractivity contribution >= 4 is 11.9 Å². The quantitative estimate of drug-likeness (QED) is 0.132. The van der Waals surface area contributed by atoms with Crippen LogP contribution in [-0.2, 0) is 14.3 Å². The molecule has 1 atom stereocenters. The standard InChI is InChI=1S/C26H50O4/c1-3-5-7-9-10-11-12-13-14-15-16-17-19-20-22-24(26(28)29)30-25(27)23-21-18-8-6-4-2/h24H,3-23H2,1-2H3,(H,28,29). The van der Waals surface area contributed by atoms with Crippen LogP contribution in [0.4, 0.5) is 0 Å². The van der Waals surface area contributed by atoms with E-state index in [2.05, 4.69) is 13.8 Å². The molecule has 30 heavy (non-hydrogen) atoms. The van der Waals surface area contributed by atoms with Crippen LogP contribution in [0.1, 0.15) is 149 Å². The summed E-state index contributed by atoms with van der Waals surface area (Å²) >= 11 is 0. The lowest BCUT2D eigenvalue weighted by Gasteiger charge is -2.13. The minimum absolute atomic E-state index is 0.340. The van der Waals surface area contributed by atoms with E-state index in [0.717, 1.165) is 38.5 Å². The van der Waals surface area contributed by atoms with E-state index in [1.165, 1.54) is 83.5 Å². The topological polar surface area (TPSA) is 63.6 Å². The number of ether oxygens (including phenoxy) is 1. The summed E-state index contributed by atoms with van der Waals surface area (Å²) < 4.78 is 5.19. The molecule has 0 heterocycles. The number of carbonyl (C=O) groups excluding carboxylic acids is 1. The first kappa shape index (κ1) is 28.9. The molecule has 0 bridgehead atoms. The van der Waals surface area contributed by atoms with Gasteiger partial charge in [0.2, 0.25) is 0 Å². The highest BCUT2D eigenvalue weighted by Gasteiger charge is 2.21. The van der Waals surface area contributed by atoms with Gasteiger partial charge in [-0.3, -0.25) is 4.79 Å². The van der Waals surface area contributed by atoms with Crippen LogP contribution in [0.5, 0.6) is 0 Å². The highest BCUT2D eigenvalue weighted by Crippen LogP contribution is 2.15. The van der Waals surface area contributed by atoms with E-state index < -0.39 is 12.1 Å². The maximum Gasteiger partial charge on any atom is 0.345 e. The zero-order valence-electron chi connectivity index (χ0n) is 20.1. The lowest BCUT2D eigenvalue weighted by atomic mass is 10.0. The van der Waals surface area contributed by atoms with Crippen molar-refractivity contribution in [2.75, 3.05) is 0 Å². The summed E-state index contributed by atoms with van der Waals surface area (Å²) in [7, 11) is 0. The van der Waals surface area contributed by atoms with Crippen molar-refractivity contribution < 1.29 is 19.4 Å². The summed E-state index contributed by atoms with van der Waals surface area (Å²) in [5, 5.41) is 9.29. The molecular formula is C26H50O4. The fraction of sp³-hybridized carbons (Fsp3) is 0.923. The molecule has 4 heteroatoms. The van der Waals surface area contributed by atoms with Crippen LogP contribution in [0, 0.1) is 0 Å². The Morgan fingerprint density at radius 2 is 0.967 bits per heavy atom. The molecule has 0 rings (SSSR count). The average Bonchev–Trinajstić information content (AvgIpc) is 2.72. The number of carboxylic acid groups (broad SMARTS) is 1. The third kappa shape index (κ3) is 20.2. The first-order chi connectivity index (χ1) is 14.6. The number of unbranched alkanes of at least 4 members (excludes halogenated alkanes) is 17. The zero-order chi connectivity index (χ0) is 22.3. The first-order valence-electron chi connectivity index (χ1n) is 13.0. The number of rotatable bonds is 23. The minimum Gasteiger partial charge on any atom is -0.479 e. The van der Waals surface area contributed by atoms with E-state index in [1.54, 1.807) is 0 Å². The monoisotopic (exact) mass is 426 g/mol. The lowest BCUT2D eigenvalue weighted by Crippen LogP contribution is -2.27.